The minimum absolute atomic E-state index is 0.0374. The van der Waals surface area contributed by atoms with E-state index >= 15 is 0 Å². The first kappa shape index (κ1) is 26.7. The van der Waals surface area contributed by atoms with Crippen LogP contribution in [-0.2, 0) is 26.0 Å². The third kappa shape index (κ3) is 1.96. The van der Waals surface area contributed by atoms with E-state index in [2.05, 4.69) is 0 Å². The van der Waals surface area contributed by atoms with Crippen molar-refractivity contribution in [3.63, 3.8) is 0 Å². The number of hydrogen-bond donors (Lipinski definition) is 4. The number of aliphatic hydroxyl groups excluding tert-OH is 1. The fourth-order valence-corrected chi connectivity index (χ4v) is 10.5. The fraction of sp³-hybridized carbons (Fsp3) is 0.821. The molecule has 212 valence electrons. The quantitative estimate of drug-likeness (QED) is 0.409. The summed E-state index contributed by atoms with van der Waals surface area (Å²) in [6.07, 6.45) is -0.330. The predicted molar refractivity (Wildman–Crippen MR) is 133 cm³/mol. The number of nitrogens with zero attached hydrogens (tertiary/aromatic N) is 1. The van der Waals surface area contributed by atoms with Gasteiger partial charge in [-0.3, -0.25) is 0 Å². The summed E-state index contributed by atoms with van der Waals surface area (Å²) in [4.78, 5) is 13.7. The van der Waals surface area contributed by atoms with Crippen LogP contribution in [0.5, 0.6) is 0 Å². The van der Waals surface area contributed by atoms with Gasteiger partial charge in [0.15, 0.2) is 17.5 Å². The smallest absolute Gasteiger partial charge is 0.355 e. The van der Waals surface area contributed by atoms with Crippen molar-refractivity contribution in [2.45, 2.75) is 99.9 Å². The van der Waals surface area contributed by atoms with Crippen LogP contribution >= 0.6 is 0 Å². The van der Waals surface area contributed by atoms with Gasteiger partial charge in [-0.15, -0.1) is 0 Å². The standard InChI is InChI=1S/C28H41NO9/c1-15(2)25(33)20(37-19(31)17-10-9-13-29(17)6)27(36-8)21(4)14-24(35-7)22(25,5)28(27,34)26(38-24)18(30)16(3)11-12-23(21,26)32/h9-10,13,15-16,18,20,30,32-34H,11-12,14H2,1-8H3/t16-,18+,20+,21-,22+,23-,24-,25+,26+,27+,28-/m0/s1. The number of aliphatic hydroxyl groups is 4. The van der Waals surface area contributed by atoms with Gasteiger partial charge in [0.05, 0.1) is 11.5 Å². The van der Waals surface area contributed by atoms with Crippen LogP contribution in [0, 0.1) is 22.7 Å². The zero-order valence-corrected chi connectivity index (χ0v) is 23.4. The number of esters is 1. The van der Waals surface area contributed by atoms with E-state index in [4.69, 9.17) is 18.9 Å². The molecule has 3 heterocycles. The van der Waals surface area contributed by atoms with Gasteiger partial charge in [-0.1, -0.05) is 27.7 Å². The van der Waals surface area contributed by atoms with Crippen molar-refractivity contribution in [2.24, 2.45) is 29.7 Å². The van der Waals surface area contributed by atoms with Gasteiger partial charge >= 0.3 is 5.97 Å². The first-order valence-corrected chi connectivity index (χ1v) is 13.5. The number of rotatable bonds is 5. The van der Waals surface area contributed by atoms with E-state index in [1.807, 2.05) is 6.92 Å². The zero-order chi connectivity index (χ0) is 28.1. The average Bonchev–Trinajstić information content (AvgIpc) is 3.41. The molecule has 10 nitrogen and oxygen atoms in total. The van der Waals surface area contributed by atoms with Gasteiger partial charge < -0.3 is 43.9 Å². The van der Waals surface area contributed by atoms with Crippen LogP contribution in [0.25, 0.3) is 0 Å². The topological polar surface area (TPSA) is 140 Å². The summed E-state index contributed by atoms with van der Waals surface area (Å²) in [7, 11) is 4.55. The SMILES string of the molecule is CO[C@@]12C[C@@]3(C)[C@@]4(O)CC[C@H](C)[C@@H](O)[C@]4(O1)[C@]1(O)[C@@]3(OC)[C@H](OC(=O)c3cccn3C)[C@](O)(C(C)C)[C@@]21C. The number of carbonyl (C=O) groups excluding carboxylic acids is 1. The molecule has 0 unspecified atom stereocenters. The number of aromatic nitrogens is 1. The van der Waals surface area contributed by atoms with Gasteiger partial charge in [0, 0.05) is 39.3 Å². The average molecular weight is 536 g/mol. The summed E-state index contributed by atoms with van der Waals surface area (Å²) in [5.74, 6) is -3.28. The molecule has 0 aromatic carbocycles. The van der Waals surface area contributed by atoms with Gasteiger partial charge in [0.1, 0.15) is 28.1 Å². The zero-order valence-electron chi connectivity index (χ0n) is 23.4. The minimum Gasteiger partial charge on any atom is -0.451 e. The maximum atomic E-state index is 13.7. The minimum atomic E-state index is -2.23. The van der Waals surface area contributed by atoms with Crippen LogP contribution in [0.2, 0.25) is 0 Å². The van der Waals surface area contributed by atoms with Crippen LogP contribution in [0.3, 0.4) is 0 Å². The van der Waals surface area contributed by atoms with Gasteiger partial charge in [-0.05, 0) is 43.7 Å². The number of hydrogen-bond acceptors (Lipinski definition) is 9. The molecule has 38 heavy (non-hydrogen) atoms. The first-order valence-electron chi connectivity index (χ1n) is 13.5. The second-order valence-corrected chi connectivity index (χ2v) is 13.2. The molecule has 0 amide bonds. The van der Waals surface area contributed by atoms with Crippen molar-refractivity contribution < 1.29 is 44.2 Å². The third-order valence-corrected chi connectivity index (χ3v) is 12.2. The van der Waals surface area contributed by atoms with Crippen LogP contribution in [0.1, 0.15) is 64.4 Å². The van der Waals surface area contributed by atoms with Gasteiger partial charge in [0.2, 0.25) is 0 Å². The Balaban J connectivity index is 1.72. The highest BCUT2D eigenvalue weighted by molar-refractivity contribution is 5.88. The molecule has 10 heteroatoms. The summed E-state index contributed by atoms with van der Waals surface area (Å²) in [6.45, 7) is 8.84. The largest absolute Gasteiger partial charge is 0.451 e. The first-order chi connectivity index (χ1) is 17.5. The lowest BCUT2D eigenvalue weighted by Crippen LogP contribution is -2.75. The summed E-state index contributed by atoms with van der Waals surface area (Å²) < 4.78 is 27.1. The summed E-state index contributed by atoms with van der Waals surface area (Å²) in [5, 5.41) is 50.9. The van der Waals surface area contributed by atoms with Crippen LogP contribution in [0.15, 0.2) is 18.3 Å². The Morgan fingerprint density at radius 2 is 1.84 bits per heavy atom. The number of aryl methyl sites for hydroxylation is 1. The number of ether oxygens (including phenoxy) is 4. The summed E-state index contributed by atoms with van der Waals surface area (Å²) in [5.41, 5.74) is -12.6. The van der Waals surface area contributed by atoms with E-state index in [0.717, 1.165) is 0 Å². The van der Waals surface area contributed by atoms with E-state index in [1.54, 1.807) is 57.6 Å². The predicted octanol–water partition coefficient (Wildman–Crippen LogP) is 1.13. The van der Waals surface area contributed by atoms with Gasteiger partial charge in [0.25, 0.3) is 0 Å². The molecule has 4 aliphatic carbocycles. The Morgan fingerprint density at radius 3 is 2.37 bits per heavy atom. The van der Waals surface area contributed by atoms with E-state index in [0.29, 0.717) is 6.42 Å². The molecule has 6 fully saturated rings. The molecule has 1 aromatic heterocycles. The molecule has 6 bridgehead atoms. The van der Waals surface area contributed by atoms with Crippen molar-refractivity contribution in [2.75, 3.05) is 14.2 Å². The Bertz CT molecular complexity index is 1220. The van der Waals surface area contributed by atoms with Crippen molar-refractivity contribution in [3.8, 4) is 0 Å². The van der Waals surface area contributed by atoms with E-state index in [-0.39, 0.29) is 24.5 Å². The Labute approximate surface area is 222 Å². The fourth-order valence-electron chi connectivity index (χ4n) is 10.5. The lowest BCUT2D eigenvalue weighted by Gasteiger charge is -2.62. The van der Waals surface area contributed by atoms with Gasteiger partial charge in [-0.2, -0.15) is 0 Å². The molecule has 1 spiro atoms. The van der Waals surface area contributed by atoms with Crippen molar-refractivity contribution in [1.82, 2.24) is 4.57 Å². The molecular formula is C28H41NO9. The lowest BCUT2D eigenvalue weighted by molar-refractivity contribution is -0.396. The second-order valence-electron chi connectivity index (χ2n) is 13.2. The van der Waals surface area contributed by atoms with Crippen LogP contribution in [-0.4, -0.2) is 91.2 Å². The molecule has 4 N–H and O–H groups in total. The van der Waals surface area contributed by atoms with Crippen molar-refractivity contribution in [1.29, 1.82) is 0 Å². The molecule has 7 rings (SSSR count). The van der Waals surface area contributed by atoms with Gasteiger partial charge in [-0.25, -0.2) is 4.79 Å². The molecular weight excluding hydrogens is 494 g/mol. The maximum absolute atomic E-state index is 13.7. The monoisotopic (exact) mass is 535 g/mol. The molecule has 6 aliphatic rings. The van der Waals surface area contributed by atoms with E-state index < -0.39 is 68.7 Å². The van der Waals surface area contributed by atoms with E-state index in [9.17, 15) is 25.2 Å². The molecule has 2 aliphatic heterocycles. The highest BCUT2D eigenvalue weighted by Crippen LogP contribution is 2.91. The Morgan fingerprint density at radius 1 is 1.18 bits per heavy atom. The Hall–Kier alpha value is -1.53. The van der Waals surface area contributed by atoms with Crippen molar-refractivity contribution in [3.05, 3.63) is 24.0 Å². The molecule has 2 saturated heterocycles. The Kier molecular flexibility index (Phi) is 4.93. The number of methoxy groups -OCH3 is 2. The molecule has 0 radical (unpaired) electrons. The van der Waals surface area contributed by atoms with E-state index in [1.165, 1.54) is 14.2 Å². The third-order valence-electron chi connectivity index (χ3n) is 12.2. The highest BCUT2D eigenvalue weighted by atomic mass is 16.7. The normalized spacial score (nSPS) is 56.1. The summed E-state index contributed by atoms with van der Waals surface area (Å²) >= 11 is 0. The second kappa shape index (κ2) is 7.02. The number of carbonyl (C=O) groups is 1. The van der Waals surface area contributed by atoms with Crippen LogP contribution in [0.4, 0.5) is 0 Å². The highest BCUT2D eigenvalue weighted by Gasteiger charge is 3.11. The molecule has 4 saturated carbocycles. The molecule has 1 aromatic rings. The summed E-state index contributed by atoms with van der Waals surface area (Å²) in [6, 6.07) is 3.32. The maximum Gasteiger partial charge on any atom is 0.355 e. The lowest BCUT2D eigenvalue weighted by atomic mass is 9.52. The van der Waals surface area contributed by atoms with Crippen LogP contribution < -0.4 is 0 Å². The van der Waals surface area contributed by atoms with Crippen molar-refractivity contribution >= 4 is 5.97 Å². The molecule has 11 atom stereocenters.